The van der Waals surface area contributed by atoms with E-state index in [4.69, 9.17) is 21.3 Å². The highest BCUT2D eigenvalue weighted by Crippen LogP contribution is 2.45. The molecule has 3 aromatic carbocycles. The number of thiophene rings is 1. The zero-order valence-corrected chi connectivity index (χ0v) is 26.9. The minimum absolute atomic E-state index is 0.142. The fraction of sp³-hybridized carbons (Fsp3) is 0.294. The van der Waals surface area contributed by atoms with Crippen LogP contribution >= 0.6 is 38.9 Å². The van der Waals surface area contributed by atoms with Crippen LogP contribution in [0, 0.1) is 18.3 Å². The normalized spacial score (nSPS) is 15.1. The van der Waals surface area contributed by atoms with Crippen LogP contribution in [0.1, 0.15) is 64.7 Å². The van der Waals surface area contributed by atoms with Crippen molar-refractivity contribution >= 4 is 61.7 Å². The lowest BCUT2D eigenvalue weighted by Crippen LogP contribution is -2.27. The number of aliphatic imine (C=N–C) groups is 1. The van der Waals surface area contributed by atoms with E-state index in [1.165, 1.54) is 10.4 Å². The van der Waals surface area contributed by atoms with Gasteiger partial charge in [0.15, 0.2) is 0 Å². The molecule has 1 atom stereocenters. The number of anilines is 1. The average molecular weight is 650 g/mol. The third-order valence-corrected chi connectivity index (χ3v) is 9.52. The molecule has 1 aliphatic carbocycles. The van der Waals surface area contributed by atoms with Crippen LogP contribution in [0.2, 0.25) is 5.02 Å². The highest BCUT2D eigenvalue weighted by atomic mass is 79.9. The van der Waals surface area contributed by atoms with Gasteiger partial charge in [-0.25, -0.2) is 4.99 Å². The molecule has 4 nitrogen and oxygen atoms in total. The average Bonchev–Trinajstić information content (AvgIpc) is 3.31. The van der Waals surface area contributed by atoms with Gasteiger partial charge in [-0.2, -0.15) is 0 Å². The Morgan fingerprint density at radius 3 is 2.56 bits per heavy atom. The number of ether oxygens (including phenoxy) is 1. The number of halogens is 2. The van der Waals surface area contributed by atoms with E-state index >= 15 is 0 Å². The molecular weight excluding hydrogens is 616 g/mol. The van der Waals surface area contributed by atoms with E-state index in [1.54, 1.807) is 23.5 Å². The number of nitrogens with zero attached hydrogens (tertiary/aromatic N) is 1. The van der Waals surface area contributed by atoms with Crippen molar-refractivity contribution in [1.82, 2.24) is 0 Å². The van der Waals surface area contributed by atoms with E-state index < -0.39 is 0 Å². The van der Waals surface area contributed by atoms with Crippen LogP contribution in [0.25, 0.3) is 0 Å². The molecule has 4 aromatic rings. The summed E-state index contributed by atoms with van der Waals surface area (Å²) in [6, 6.07) is 21.4. The number of carbonyl (C=O) groups excluding carboxylic acids is 1. The van der Waals surface area contributed by atoms with Crippen molar-refractivity contribution in [2.24, 2.45) is 16.3 Å². The Balaban J connectivity index is 1.46. The van der Waals surface area contributed by atoms with Gasteiger partial charge in [0.25, 0.3) is 5.91 Å². The summed E-state index contributed by atoms with van der Waals surface area (Å²) in [6.07, 6.45) is 4.70. The maximum absolute atomic E-state index is 13.7. The molecule has 0 unspecified atom stereocenters. The summed E-state index contributed by atoms with van der Waals surface area (Å²) < 4.78 is 7.14. The van der Waals surface area contributed by atoms with Crippen molar-refractivity contribution in [3.8, 4) is 5.75 Å². The lowest BCUT2D eigenvalue weighted by Gasteiger charge is -2.33. The second-order valence-corrected chi connectivity index (χ2v) is 14.1. The molecule has 1 aromatic heterocycles. The first-order valence-electron chi connectivity index (χ1n) is 13.8. The number of hydrogen-bond acceptors (Lipinski definition) is 4. The lowest BCUT2D eigenvalue weighted by molar-refractivity contribution is 0.102. The molecule has 0 bridgehead atoms. The fourth-order valence-corrected chi connectivity index (χ4v) is 6.86. The summed E-state index contributed by atoms with van der Waals surface area (Å²) in [5.74, 6) is 1.15. The van der Waals surface area contributed by atoms with E-state index in [1.807, 2.05) is 36.5 Å². The number of aryl methyl sites for hydroxylation is 1. The molecule has 0 radical (unpaired) electrons. The summed E-state index contributed by atoms with van der Waals surface area (Å²) in [6.45, 7) is 9.43. The van der Waals surface area contributed by atoms with Crippen LogP contribution < -0.4 is 10.1 Å². The molecule has 1 aliphatic rings. The number of amides is 1. The van der Waals surface area contributed by atoms with Crippen LogP contribution in [-0.4, -0.2) is 12.1 Å². The summed E-state index contributed by atoms with van der Waals surface area (Å²) >= 11 is 11.3. The van der Waals surface area contributed by atoms with Gasteiger partial charge in [0.2, 0.25) is 0 Å². The van der Waals surface area contributed by atoms with Gasteiger partial charge in [-0.05, 0) is 91.1 Å². The van der Waals surface area contributed by atoms with Gasteiger partial charge in [0.1, 0.15) is 17.4 Å². The van der Waals surface area contributed by atoms with Crippen LogP contribution in [-0.2, 0) is 19.4 Å². The molecule has 0 fully saturated rings. The Hall–Kier alpha value is -2.93. The van der Waals surface area contributed by atoms with E-state index in [9.17, 15) is 4.79 Å². The molecule has 1 amide bonds. The second kappa shape index (κ2) is 12.5. The van der Waals surface area contributed by atoms with Crippen LogP contribution in [0.5, 0.6) is 5.75 Å². The Kier molecular flexibility index (Phi) is 9.03. The summed E-state index contributed by atoms with van der Waals surface area (Å²) in [4.78, 5) is 19.9. The van der Waals surface area contributed by atoms with Crippen molar-refractivity contribution in [3.63, 3.8) is 0 Å². The molecule has 7 heteroatoms. The molecule has 212 valence electrons. The number of nitrogens with one attached hydrogen (secondary N) is 1. The maximum Gasteiger partial charge on any atom is 0.259 e. The molecule has 41 heavy (non-hydrogen) atoms. The second-order valence-electron chi connectivity index (χ2n) is 11.7. The van der Waals surface area contributed by atoms with Crippen molar-refractivity contribution in [1.29, 1.82) is 0 Å². The predicted molar refractivity (Wildman–Crippen MR) is 176 cm³/mol. The molecule has 1 heterocycles. The van der Waals surface area contributed by atoms with Crippen molar-refractivity contribution in [2.75, 3.05) is 5.32 Å². The SMILES string of the molecule is Cc1ccc(COc2ccc(Br)cc2C=Nc2sc3c(c2C(=O)Nc2ccc(Cl)cc2)CC[C@@H](C(C)(C)C)C3)cc1. The molecule has 0 saturated carbocycles. The molecular formula is C34H34BrClN2O2S. The van der Waals surface area contributed by atoms with E-state index in [0.29, 0.717) is 28.8 Å². The Labute approximate surface area is 260 Å². The first kappa shape index (κ1) is 29.6. The highest BCUT2D eigenvalue weighted by molar-refractivity contribution is 9.10. The largest absolute Gasteiger partial charge is 0.488 e. The minimum atomic E-state index is -0.142. The Morgan fingerprint density at radius 1 is 1.12 bits per heavy atom. The lowest BCUT2D eigenvalue weighted by atomic mass is 9.72. The van der Waals surface area contributed by atoms with Crippen molar-refractivity contribution in [3.05, 3.63) is 109 Å². The predicted octanol–water partition coefficient (Wildman–Crippen LogP) is 10.2. The number of carbonyl (C=O) groups is 1. The molecule has 5 rings (SSSR count). The van der Waals surface area contributed by atoms with Crippen LogP contribution in [0.3, 0.4) is 0 Å². The fourth-order valence-electron chi connectivity index (χ4n) is 5.09. The van der Waals surface area contributed by atoms with Gasteiger partial charge >= 0.3 is 0 Å². The van der Waals surface area contributed by atoms with Crippen LogP contribution in [0.4, 0.5) is 10.7 Å². The molecule has 0 aliphatic heterocycles. The maximum atomic E-state index is 13.7. The smallest absolute Gasteiger partial charge is 0.259 e. The van der Waals surface area contributed by atoms with E-state index in [0.717, 1.165) is 51.2 Å². The zero-order valence-electron chi connectivity index (χ0n) is 23.8. The van der Waals surface area contributed by atoms with E-state index in [2.05, 4.69) is 73.2 Å². The Bertz CT molecular complexity index is 1570. The van der Waals surface area contributed by atoms with Crippen LogP contribution in [0.15, 0.2) is 76.2 Å². The topological polar surface area (TPSA) is 50.7 Å². The zero-order chi connectivity index (χ0) is 29.1. The van der Waals surface area contributed by atoms with Gasteiger partial charge in [-0.1, -0.05) is 78.1 Å². The highest BCUT2D eigenvalue weighted by Gasteiger charge is 2.33. The summed E-state index contributed by atoms with van der Waals surface area (Å²) in [7, 11) is 0. The number of rotatable bonds is 7. The molecule has 1 N–H and O–H groups in total. The Morgan fingerprint density at radius 2 is 1.85 bits per heavy atom. The monoisotopic (exact) mass is 648 g/mol. The standard InChI is InChI=1S/C34H34BrClN2O2S/c1-21-5-7-22(8-6-21)20-40-29-16-10-25(35)17-23(29)19-37-33-31(32(39)38-27-13-11-26(36)12-14-27)28-15-9-24(34(2,3)4)18-30(28)41-33/h5-8,10-14,16-17,19,24H,9,15,18,20H2,1-4H3,(H,38,39)/t24-/m1/s1. The molecule has 0 spiro atoms. The van der Waals surface area contributed by atoms with Gasteiger partial charge in [-0.3, -0.25) is 4.79 Å². The first-order valence-corrected chi connectivity index (χ1v) is 15.8. The number of hydrogen-bond donors (Lipinski definition) is 1. The molecule has 0 saturated heterocycles. The summed E-state index contributed by atoms with van der Waals surface area (Å²) in [5, 5.41) is 4.42. The van der Waals surface area contributed by atoms with E-state index in [-0.39, 0.29) is 11.3 Å². The van der Waals surface area contributed by atoms with Crippen molar-refractivity contribution < 1.29 is 9.53 Å². The number of benzene rings is 3. The van der Waals surface area contributed by atoms with Gasteiger partial charge < -0.3 is 10.1 Å². The van der Waals surface area contributed by atoms with Crippen molar-refractivity contribution in [2.45, 2.75) is 53.6 Å². The quantitative estimate of drug-likeness (QED) is 0.203. The summed E-state index contributed by atoms with van der Waals surface area (Å²) in [5.41, 5.74) is 5.86. The van der Waals surface area contributed by atoms with Gasteiger partial charge in [-0.15, -0.1) is 11.3 Å². The minimum Gasteiger partial charge on any atom is -0.488 e. The number of fused-ring (bicyclic) bond motifs is 1. The van der Waals surface area contributed by atoms with Gasteiger partial charge in [0, 0.05) is 31.8 Å². The third-order valence-electron chi connectivity index (χ3n) is 7.61. The van der Waals surface area contributed by atoms with Gasteiger partial charge in [0.05, 0.1) is 5.56 Å². The first-order chi connectivity index (χ1) is 19.6. The third kappa shape index (κ3) is 7.29.